The van der Waals surface area contributed by atoms with Crippen LogP contribution in [0.1, 0.15) is 25.7 Å². The van der Waals surface area contributed by atoms with Gasteiger partial charge in [0, 0.05) is 19.4 Å². The van der Waals surface area contributed by atoms with Gasteiger partial charge >= 0.3 is 11.9 Å². The number of carboxylic acids is 2. The average molecular weight is 243 g/mol. The van der Waals surface area contributed by atoms with E-state index in [9.17, 15) is 19.2 Å². The third-order valence-corrected chi connectivity index (χ3v) is 2.63. The molecule has 1 aliphatic heterocycles. The Labute approximate surface area is 97.0 Å². The molecule has 1 saturated heterocycles. The summed E-state index contributed by atoms with van der Waals surface area (Å²) < 4.78 is 0. The number of carboxylic acid groups (broad SMARTS) is 2. The van der Waals surface area contributed by atoms with Crippen molar-refractivity contribution in [3.63, 3.8) is 0 Å². The topological polar surface area (TPSA) is 112 Å². The first-order chi connectivity index (χ1) is 7.93. The maximum Gasteiger partial charge on any atom is 0.317 e. The van der Waals surface area contributed by atoms with E-state index in [1.54, 1.807) is 0 Å². The number of carbonyl (C=O) groups excluding carboxylic acids is 2. The van der Waals surface area contributed by atoms with E-state index in [-0.39, 0.29) is 44.0 Å². The van der Waals surface area contributed by atoms with Crippen molar-refractivity contribution < 1.29 is 29.4 Å². The predicted octanol–water partition coefficient (Wildman–Crippen LogP) is -0.299. The highest BCUT2D eigenvalue weighted by atomic mass is 16.4. The van der Waals surface area contributed by atoms with Gasteiger partial charge in [0.25, 0.3) is 0 Å². The summed E-state index contributed by atoms with van der Waals surface area (Å²) in [5.74, 6) is -4.86. The molecule has 17 heavy (non-hydrogen) atoms. The molecule has 1 rings (SSSR count). The number of rotatable bonds is 6. The molecule has 7 heteroatoms. The number of hydrogen-bond acceptors (Lipinski definition) is 4. The van der Waals surface area contributed by atoms with Crippen molar-refractivity contribution in [1.29, 1.82) is 0 Å². The number of carbonyl (C=O) groups is 4. The summed E-state index contributed by atoms with van der Waals surface area (Å²) in [4.78, 5) is 44.6. The molecule has 0 radical (unpaired) electrons. The van der Waals surface area contributed by atoms with Gasteiger partial charge in [0.1, 0.15) is 0 Å². The molecular weight excluding hydrogens is 230 g/mol. The van der Waals surface area contributed by atoms with E-state index < -0.39 is 17.9 Å². The molecule has 7 nitrogen and oxygen atoms in total. The number of hydrogen-bond donors (Lipinski definition) is 2. The Kier molecular flexibility index (Phi) is 4.19. The molecule has 1 heterocycles. The Morgan fingerprint density at radius 1 is 1.12 bits per heavy atom. The third-order valence-electron chi connectivity index (χ3n) is 2.63. The summed E-state index contributed by atoms with van der Waals surface area (Å²) in [7, 11) is 0. The van der Waals surface area contributed by atoms with Crippen molar-refractivity contribution in [3.8, 4) is 0 Å². The van der Waals surface area contributed by atoms with Gasteiger partial charge in [-0.25, -0.2) is 0 Å². The summed E-state index contributed by atoms with van der Waals surface area (Å²) >= 11 is 0. The van der Waals surface area contributed by atoms with Gasteiger partial charge in [-0.05, 0) is 12.8 Å². The largest absolute Gasteiger partial charge is 0.481 e. The summed E-state index contributed by atoms with van der Waals surface area (Å²) in [6, 6.07) is 0. The molecule has 2 N–H and O–H groups in total. The van der Waals surface area contributed by atoms with Crippen LogP contribution in [0.25, 0.3) is 0 Å². The molecule has 0 atom stereocenters. The average Bonchev–Trinajstić information content (AvgIpc) is 2.53. The van der Waals surface area contributed by atoms with E-state index in [4.69, 9.17) is 10.2 Å². The van der Waals surface area contributed by atoms with Crippen molar-refractivity contribution in [2.24, 2.45) is 5.92 Å². The molecule has 2 amide bonds. The lowest BCUT2D eigenvalue weighted by molar-refractivity contribution is -0.154. The molecule has 0 aromatic heterocycles. The summed E-state index contributed by atoms with van der Waals surface area (Å²) in [5, 5.41) is 17.2. The second-order valence-electron chi connectivity index (χ2n) is 3.81. The van der Waals surface area contributed by atoms with E-state index in [0.29, 0.717) is 0 Å². The standard InChI is InChI=1S/C10H13NO6/c12-7-3-4-8(13)11(7)5-1-2-6(9(14)15)10(16)17/h6H,1-5H2,(H,14,15)(H,16,17). The highest BCUT2D eigenvalue weighted by molar-refractivity contribution is 6.01. The molecule has 0 aromatic carbocycles. The number of nitrogens with zero attached hydrogens (tertiary/aromatic N) is 1. The predicted molar refractivity (Wildman–Crippen MR) is 53.9 cm³/mol. The van der Waals surface area contributed by atoms with Crippen LogP contribution in [0, 0.1) is 5.92 Å². The van der Waals surface area contributed by atoms with Crippen LogP contribution in [0.5, 0.6) is 0 Å². The minimum absolute atomic E-state index is 0.0920. The highest BCUT2D eigenvalue weighted by Crippen LogP contribution is 2.14. The van der Waals surface area contributed by atoms with Crippen LogP contribution in [0.4, 0.5) is 0 Å². The Bertz CT molecular complexity index is 332. The molecule has 0 aliphatic carbocycles. The number of aliphatic carboxylic acids is 2. The first kappa shape index (κ1) is 13.1. The fraction of sp³-hybridized carbons (Fsp3) is 0.600. The molecule has 0 bridgehead atoms. The van der Waals surface area contributed by atoms with Crippen LogP contribution >= 0.6 is 0 Å². The van der Waals surface area contributed by atoms with Gasteiger partial charge in [-0.3, -0.25) is 24.1 Å². The van der Waals surface area contributed by atoms with Crippen LogP contribution in [-0.4, -0.2) is 45.4 Å². The second kappa shape index (κ2) is 5.42. The van der Waals surface area contributed by atoms with Crippen molar-refractivity contribution in [2.45, 2.75) is 25.7 Å². The van der Waals surface area contributed by atoms with Crippen LogP contribution in [0.3, 0.4) is 0 Å². The summed E-state index contributed by atoms with van der Waals surface area (Å²) in [5.41, 5.74) is 0. The molecule has 1 fully saturated rings. The van der Waals surface area contributed by atoms with E-state index in [0.717, 1.165) is 4.90 Å². The third kappa shape index (κ3) is 3.27. The Morgan fingerprint density at radius 2 is 1.59 bits per heavy atom. The van der Waals surface area contributed by atoms with Gasteiger partial charge < -0.3 is 10.2 Å². The lowest BCUT2D eigenvalue weighted by atomic mass is 10.0. The van der Waals surface area contributed by atoms with Gasteiger partial charge in [-0.2, -0.15) is 0 Å². The van der Waals surface area contributed by atoms with Crippen molar-refractivity contribution in [2.75, 3.05) is 6.54 Å². The fourth-order valence-electron chi connectivity index (χ4n) is 1.68. The zero-order chi connectivity index (χ0) is 13.0. The van der Waals surface area contributed by atoms with E-state index in [1.807, 2.05) is 0 Å². The minimum Gasteiger partial charge on any atom is -0.481 e. The van der Waals surface area contributed by atoms with Crippen molar-refractivity contribution in [1.82, 2.24) is 4.90 Å². The molecular formula is C10H13NO6. The molecule has 0 unspecified atom stereocenters. The zero-order valence-corrected chi connectivity index (χ0v) is 9.09. The number of likely N-dealkylation sites (tertiary alicyclic amines) is 1. The van der Waals surface area contributed by atoms with E-state index in [1.165, 1.54) is 0 Å². The van der Waals surface area contributed by atoms with E-state index in [2.05, 4.69) is 0 Å². The summed E-state index contributed by atoms with van der Waals surface area (Å²) in [6.07, 6.45) is 0.447. The smallest absolute Gasteiger partial charge is 0.317 e. The van der Waals surface area contributed by atoms with Gasteiger partial charge in [-0.15, -0.1) is 0 Å². The number of imide groups is 1. The van der Waals surface area contributed by atoms with Crippen molar-refractivity contribution >= 4 is 23.8 Å². The van der Waals surface area contributed by atoms with E-state index >= 15 is 0 Å². The molecule has 94 valence electrons. The lowest BCUT2D eigenvalue weighted by Crippen LogP contribution is -2.31. The first-order valence-corrected chi connectivity index (χ1v) is 5.22. The zero-order valence-electron chi connectivity index (χ0n) is 9.09. The van der Waals surface area contributed by atoms with Gasteiger partial charge in [0.2, 0.25) is 11.8 Å². The Balaban J connectivity index is 2.41. The molecule has 0 aromatic rings. The quantitative estimate of drug-likeness (QED) is 0.489. The van der Waals surface area contributed by atoms with Crippen LogP contribution in [0.2, 0.25) is 0 Å². The maximum atomic E-state index is 11.2. The van der Waals surface area contributed by atoms with Crippen LogP contribution in [-0.2, 0) is 19.2 Å². The van der Waals surface area contributed by atoms with Crippen LogP contribution in [0.15, 0.2) is 0 Å². The van der Waals surface area contributed by atoms with Gasteiger partial charge in [-0.1, -0.05) is 0 Å². The lowest BCUT2D eigenvalue weighted by Gasteiger charge is -2.14. The molecule has 1 aliphatic rings. The minimum atomic E-state index is -1.48. The van der Waals surface area contributed by atoms with Crippen molar-refractivity contribution in [3.05, 3.63) is 0 Å². The monoisotopic (exact) mass is 243 g/mol. The summed E-state index contributed by atoms with van der Waals surface area (Å²) in [6.45, 7) is 0.0920. The first-order valence-electron chi connectivity index (χ1n) is 5.22. The second-order valence-corrected chi connectivity index (χ2v) is 3.81. The van der Waals surface area contributed by atoms with Gasteiger partial charge in [0.15, 0.2) is 5.92 Å². The fourth-order valence-corrected chi connectivity index (χ4v) is 1.68. The van der Waals surface area contributed by atoms with Gasteiger partial charge in [0.05, 0.1) is 0 Å². The van der Waals surface area contributed by atoms with Crippen LogP contribution < -0.4 is 0 Å². The molecule has 0 spiro atoms. The SMILES string of the molecule is O=C(O)C(CCCN1C(=O)CCC1=O)C(=O)O. The highest BCUT2D eigenvalue weighted by Gasteiger charge is 2.30. The Morgan fingerprint density at radius 3 is 2.00 bits per heavy atom. The molecule has 0 saturated carbocycles. The normalized spacial score (nSPS) is 15.7. The maximum absolute atomic E-state index is 11.2. The number of amides is 2. The Hall–Kier alpha value is -1.92.